The first-order valence-electron chi connectivity index (χ1n) is 9.42. The van der Waals surface area contributed by atoms with Crippen molar-refractivity contribution in [3.05, 3.63) is 47.2 Å². The Morgan fingerprint density at radius 1 is 1.29 bits per heavy atom. The summed E-state index contributed by atoms with van der Waals surface area (Å²) in [5, 5.41) is 9.23. The number of hydrogen-bond donors (Lipinski definition) is 1. The lowest BCUT2D eigenvalue weighted by molar-refractivity contribution is -0.168. The van der Waals surface area contributed by atoms with Crippen LogP contribution in [0.15, 0.2) is 36.1 Å². The van der Waals surface area contributed by atoms with Crippen molar-refractivity contribution in [2.75, 3.05) is 26.3 Å². The standard InChI is InChI=1S/C20H24F3NO4/c1-2-27-19-15(4-3-11-25)16(12-17(28-19)18(26)24-9-10-24)13-5-7-14(8-6-13)20(21,22)23/h5-8,12,15-16,19,25H,2-4,9-11H2,1H3/t15-,16-,19-/m0/s1. The molecule has 0 spiro atoms. The maximum Gasteiger partial charge on any atom is 0.416 e. The highest BCUT2D eigenvalue weighted by atomic mass is 19.4. The minimum absolute atomic E-state index is 0.0155. The molecule has 2 aliphatic rings. The van der Waals surface area contributed by atoms with E-state index in [4.69, 9.17) is 9.47 Å². The SMILES string of the molecule is CCO[C@H]1OC(C(=O)N2CC2)=C[C@@H](c2ccc(C(F)(F)F)cc2)[C@@H]1CCCO. The van der Waals surface area contributed by atoms with Gasteiger partial charge in [-0.15, -0.1) is 0 Å². The molecule has 28 heavy (non-hydrogen) atoms. The first kappa shape index (κ1) is 20.7. The van der Waals surface area contributed by atoms with Gasteiger partial charge in [0.15, 0.2) is 5.76 Å². The second-order valence-electron chi connectivity index (χ2n) is 6.94. The van der Waals surface area contributed by atoms with Gasteiger partial charge in [-0.25, -0.2) is 0 Å². The van der Waals surface area contributed by atoms with Crippen molar-refractivity contribution >= 4 is 5.91 Å². The molecule has 2 aliphatic heterocycles. The third-order valence-corrected chi connectivity index (χ3v) is 4.98. The first-order valence-corrected chi connectivity index (χ1v) is 9.42. The van der Waals surface area contributed by atoms with Crippen molar-refractivity contribution in [1.29, 1.82) is 0 Å². The third-order valence-electron chi connectivity index (χ3n) is 4.98. The molecule has 1 fully saturated rings. The number of carbonyl (C=O) groups excluding carboxylic acids is 1. The highest BCUT2D eigenvalue weighted by Crippen LogP contribution is 2.41. The summed E-state index contributed by atoms with van der Waals surface area (Å²) in [6.45, 7) is 3.49. The number of allylic oxidation sites excluding steroid dienone is 1. The van der Waals surface area contributed by atoms with E-state index in [1.54, 1.807) is 11.0 Å². The van der Waals surface area contributed by atoms with Gasteiger partial charge in [0.05, 0.1) is 5.56 Å². The lowest BCUT2D eigenvalue weighted by atomic mass is 9.80. The molecule has 2 heterocycles. The molecule has 1 saturated heterocycles. The molecule has 0 saturated carbocycles. The molecule has 1 amide bonds. The largest absolute Gasteiger partial charge is 0.459 e. The third kappa shape index (κ3) is 4.67. The Labute approximate surface area is 161 Å². The van der Waals surface area contributed by atoms with Crippen molar-refractivity contribution < 1.29 is 32.5 Å². The van der Waals surface area contributed by atoms with E-state index in [0.29, 0.717) is 38.1 Å². The van der Waals surface area contributed by atoms with E-state index in [1.807, 2.05) is 6.92 Å². The normalized spacial score (nSPS) is 24.5. The molecule has 0 unspecified atom stereocenters. The Bertz CT molecular complexity index is 713. The van der Waals surface area contributed by atoms with E-state index in [-0.39, 0.29) is 30.1 Å². The molecule has 0 radical (unpaired) electrons. The van der Waals surface area contributed by atoms with Crippen LogP contribution in [0, 0.1) is 5.92 Å². The highest BCUT2D eigenvalue weighted by molar-refractivity contribution is 5.93. The van der Waals surface area contributed by atoms with Gasteiger partial charge in [-0.1, -0.05) is 12.1 Å². The molecule has 8 heteroatoms. The topological polar surface area (TPSA) is 58.8 Å². The van der Waals surface area contributed by atoms with Gasteiger partial charge in [0.1, 0.15) is 0 Å². The Morgan fingerprint density at radius 2 is 1.96 bits per heavy atom. The molecule has 1 aromatic carbocycles. The zero-order valence-electron chi connectivity index (χ0n) is 15.6. The lowest BCUT2D eigenvalue weighted by Crippen LogP contribution is -2.37. The van der Waals surface area contributed by atoms with Crippen LogP contribution in [0.4, 0.5) is 13.2 Å². The summed E-state index contributed by atoms with van der Waals surface area (Å²) in [5.41, 5.74) is -0.0685. The summed E-state index contributed by atoms with van der Waals surface area (Å²) < 4.78 is 50.2. The van der Waals surface area contributed by atoms with Gasteiger partial charge in [-0.3, -0.25) is 4.79 Å². The predicted octanol–water partition coefficient (Wildman–Crippen LogP) is 3.30. The number of carbonyl (C=O) groups is 1. The molecule has 0 bridgehead atoms. The van der Waals surface area contributed by atoms with Crippen LogP contribution in [0.5, 0.6) is 0 Å². The quantitative estimate of drug-likeness (QED) is 0.715. The van der Waals surface area contributed by atoms with Crippen LogP contribution >= 0.6 is 0 Å². The monoisotopic (exact) mass is 399 g/mol. The Balaban J connectivity index is 1.95. The van der Waals surface area contributed by atoms with Crippen molar-refractivity contribution in [3.8, 4) is 0 Å². The summed E-state index contributed by atoms with van der Waals surface area (Å²) >= 11 is 0. The number of nitrogens with zero attached hydrogens (tertiary/aromatic N) is 1. The van der Waals surface area contributed by atoms with E-state index >= 15 is 0 Å². The molecule has 0 aliphatic carbocycles. The van der Waals surface area contributed by atoms with E-state index < -0.39 is 18.0 Å². The van der Waals surface area contributed by atoms with E-state index in [0.717, 1.165) is 12.1 Å². The van der Waals surface area contributed by atoms with Crippen LogP contribution in [0.1, 0.15) is 36.8 Å². The number of ether oxygens (including phenoxy) is 2. The number of hydrogen-bond acceptors (Lipinski definition) is 4. The van der Waals surface area contributed by atoms with Crippen LogP contribution in [-0.4, -0.2) is 48.5 Å². The predicted molar refractivity (Wildman–Crippen MR) is 95.2 cm³/mol. The average Bonchev–Trinajstić information content (AvgIpc) is 3.51. The second-order valence-corrected chi connectivity index (χ2v) is 6.94. The van der Waals surface area contributed by atoms with Crippen LogP contribution in [0.2, 0.25) is 0 Å². The fourth-order valence-electron chi connectivity index (χ4n) is 3.44. The molecule has 3 rings (SSSR count). The molecule has 0 aromatic heterocycles. The Morgan fingerprint density at radius 3 is 2.50 bits per heavy atom. The molecule has 154 valence electrons. The van der Waals surface area contributed by atoms with Crippen LogP contribution < -0.4 is 0 Å². The molecule has 1 aromatic rings. The number of aliphatic hydroxyl groups is 1. The minimum atomic E-state index is -4.41. The van der Waals surface area contributed by atoms with Gasteiger partial charge in [0.2, 0.25) is 6.29 Å². The lowest BCUT2D eigenvalue weighted by Gasteiger charge is -2.37. The number of aliphatic hydroxyl groups excluding tert-OH is 1. The average molecular weight is 399 g/mol. The summed E-state index contributed by atoms with van der Waals surface area (Å²) in [5.74, 6) is -0.643. The zero-order chi connectivity index (χ0) is 20.3. The van der Waals surface area contributed by atoms with E-state index in [9.17, 15) is 23.1 Å². The maximum atomic E-state index is 12.9. The van der Waals surface area contributed by atoms with Gasteiger partial charge < -0.3 is 19.5 Å². The van der Waals surface area contributed by atoms with Crippen LogP contribution in [0.25, 0.3) is 0 Å². The summed E-state index contributed by atoms with van der Waals surface area (Å²) in [6.07, 6.45) is -2.38. The van der Waals surface area contributed by atoms with Crippen molar-refractivity contribution in [2.24, 2.45) is 5.92 Å². The number of rotatable bonds is 7. The summed E-state index contributed by atoms with van der Waals surface area (Å²) in [6, 6.07) is 4.96. The van der Waals surface area contributed by atoms with Crippen LogP contribution in [-0.2, 0) is 20.4 Å². The number of halogens is 3. The fraction of sp³-hybridized carbons (Fsp3) is 0.550. The van der Waals surface area contributed by atoms with Crippen molar-refractivity contribution in [1.82, 2.24) is 4.90 Å². The van der Waals surface area contributed by atoms with Crippen molar-refractivity contribution in [2.45, 2.75) is 38.1 Å². The van der Waals surface area contributed by atoms with Gasteiger partial charge in [0.25, 0.3) is 5.91 Å². The van der Waals surface area contributed by atoms with Gasteiger partial charge >= 0.3 is 6.18 Å². The van der Waals surface area contributed by atoms with Gasteiger partial charge in [-0.2, -0.15) is 13.2 Å². The van der Waals surface area contributed by atoms with Crippen molar-refractivity contribution in [3.63, 3.8) is 0 Å². The van der Waals surface area contributed by atoms with Gasteiger partial charge in [0, 0.05) is 38.1 Å². The number of alkyl halides is 3. The van der Waals surface area contributed by atoms with Crippen LogP contribution in [0.3, 0.4) is 0 Å². The number of benzene rings is 1. The Hall–Kier alpha value is -2.06. The summed E-state index contributed by atoms with van der Waals surface area (Å²) in [7, 11) is 0. The molecule has 1 N–H and O–H groups in total. The highest BCUT2D eigenvalue weighted by Gasteiger charge is 2.40. The zero-order valence-corrected chi connectivity index (χ0v) is 15.6. The minimum Gasteiger partial charge on any atom is -0.459 e. The number of amides is 1. The first-order chi connectivity index (χ1) is 13.3. The molecular weight excluding hydrogens is 375 g/mol. The van der Waals surface area contributed by atoms with E-state index in [1.165, 1.54) is 12.1 Å². The van der Waals surface area contributed by atoms with Gasteiger partial charge in [-0.05, 0) is 43.5 Å². The molecule has 5 nitrogen and oxygen atoms in total. The Kier molecular flexibility index (Phi) is 6.30. The maximum absolute atomic E-state index is 12.9. The molecular formula is C20H24F3NO4. The van der Waals surface area contributed by atoms with E-state index in [2.05, 4.69) is 0 Å². The summed E-state index contributed by atoms with van der Waals surface area (Å²) in [4.78, 5) is 14.1. The fourth-order valence-corrected chi connectivity index (χ4v) is 3.44. The second kappa shape index (κ2) is 8.53. The smallest absolute Gasteiger partial charge is 0.416 e. The molecule has 3 atom stereocenters.